The van der Waals surface area contributed by atoms with Gasteiger partial charge in [-0.25, -0.2) is 4.39 Å². The molecule has 0 aromatic heterocycles. The summed E-state index contributed by atoms with van der Waals surface area (Å²) in [5.74, 6) is -0.0662. The molecule has 2 nitrogen and oxygen atoms in total. The van der Waals surface area contributed by atoms with Gasteiger partial charge in [-0.1, -0.05) is 43.7 Å². The third-order valence-corrected chi connectivity index (χ3v) is 3.77. The van der Waals surface area contributed by atoms with Crippen molar-refractivity contribution in [3.8, 4) is 0 Å². The Balaban J connectivity index is 2.18. The highest BCUT2D eigenvalue weighted by atomic mass is 19.1. The molecule has 2 atom stereocenters. The van der Waals surface area contributed by atoms with Gasteiger partial charge in [0, 0.05) is 5.56 Å². The quantitative estimate of drug-likeness (QED) is 0.732. The standard InChI is InChI=1S/C16H22FNO/c1-2-8-14(17)15(18-11-6-7-12-18)16(19)13-9-4-3-5-10-13/h3-5,9-10,14-15H,2,6-8,11-12H2,1H3. The molecular formula is C16H22FNO. The van der Waals surface area contributed by atoms with Gasteiger partial charge in [0.25, 0.3) is 0 Å². The molecule has 1 fully saturated rings. The lowest BCUT2D eigenvalue weighted by molar-refractivity contribution is 0.0693. The van der Waals surface area contributed by atoms with E-state index in [0.29, 0.717) is 12.0 Å². The van der Waals surface area contributed by atoms with Crippen molar-refractivity contribution in [2.75, 3.05) is 13.1 Å². The van der Waals surface area contributed by atoms with Crippen LogP contribution < -0.4 is 0 Å². The number of rotatable bonds is 6. The average molecular weight is 263 g/mol. The van der Waals surface area contributed by atoms with Crippen molar-refractivity contribution in [1.82, 2.24) is 4.90 Å². The van der Waals surface area contributed by atoms with E-state index < -0.39 is 12.2 Å². The summed E-state index contributed by atoms with van der Waals surface area (Å²) >= 11 is 0. The van der Waals surface area contributed by atoms with E-state index >= 15 is 0 Å². The lowest BCUT2D eigenvalue weighted by atomic mass is 9.96. The van der Waals surface area contributed by atoms with Crippen LogP contribution in [0.4, 0.5) is 4.39 Å². The average Bonchev–Trinajstić information content (AvgIpc) is 2.94. The number of ketones is 1. The second-order valence-electron chi connectivity index (χ2n) is 5.22. The minimum absolute atomic E-state index is 0.0662. The number of nitrogens with zero attached hydrogens (tertiary/aromatic N) is 1. The van der Waals surface area contributed by atoms with E-state index in [-0.39, 0.29) is 5.78 Å². The minimum Gasteiger partial charge on any atom is -0.292 e. The summed E-state index contributed by atoms with van der Waals surface area (Å²) in [5, 5.41) is 0. The number of carbonyl (C=O) groups excluding carboxylic acids is 1. The van der Waals surface area contributed by atoms with E-state index in [4.69, 9.17) is 0 Å². The van der Waals surface area contributed by atoms with Gasteiger partial charge >= 0.3 is 0 Å². The molecule has 1 aliphatic heterocycles. The zero-order valence-electron chi connectivity index (χ0n) is 11.5. The van der Waals surface area contributed by atoms with Crippen molar-refractivity contribution in [2.45, 2.75) is 44.8 Å². The molecule has 1 heterocycles. The highest BCUT2D eigenvalue weighted by molar-refractivity contribution is 6.00. The molecule has 0 spiro atoms. The molecule has 2 rings (SSSR count). The van der Waals surface area contributed by atoms with Crippen LogP contribution in [-0.2, 0) is 0 Å². The Morgan fingerprint density at radius 1 is 1.26 bits per heavy atom. The largest absolute Gasteiger partial charge is 0.292 e. The molecular weight excluding hydrogens is 241 g/mol. The first-order chi connectivity index (χ1) is 9.24. The third kappa shape index (κ3) is 3.41. The summed E-state index contributed by atoms with van der Waals surface area (Å²) in [6.07, 6.45) is 2.30. The number of benzene rings is 1. The molecule has 1 saturated heterocycles. The summed E-state index contributed by atoms with van der Waals surface area (Å²) in [4.78, 5) is 14.6. The second kappa shape index (κ2) is 6.80. The third-order valence-electron chi connectivity index (χ3n) is 3.77. The molecule has 2 unspecified atom stereocenters. The van der Waals surface area contributed by atoms with Crippen LogP contribution in [0.2, 0.25) is 0 Å². The Morgan fingerprint density at radius 3 is 2.47 bits per heavy atom. The summed E-state index contributed by atoms with van der Waals surface area (Å²) in [6, 6.07) is 8.52. The summed E-state index contributed by atoms with van der Waals surface area (Å²) < 4.78 is 14.4. The number of carbonyl (C=O) groups is 1. The van der Waals surface area contributed by atoms with Gasteiger partial charge in [-0.3, -0.25) is 9.69 Å². The Labute approximate surface area is 114 Å². The summed E-state index contributed by atoms with van der Waals surface area (Å²) in [5.41, 5.74) is 0.623. The number of halogens is 1. The number of Topliss-reactive ketones (excluding diaryl/α,β-unsaturated/α-hetero) is 1. The maximum absolute atomic E-state index is 14.4. The van der Waals surface area contributed by atoms with E-state index in [1.165, 1.54) is 0 Å². The highest BCUT2D eigenvalue weighted by Crippen LogP contribution is 2.22. The van der Waals surface area contributed by atoms with Crippen molar-refractivity contribution in [2.24, 2.45) is 0 Å². The van der Waals surface area contributed by atoms with Crippen LogP contribution in [0.1, 0.15) is 43.0 Å². The van der Waals surface area contributed by atoms with Crippen molar-refractivity contribution in [3.63, 3.8) is 0 Å². The summed E-state index contributed by atoms with van der Waals surface area (Å²) in [6.45, 7) is 3.64. The smallest absolute Gasteiger partial charge is 0.182 e. The van der Waals surface area contributed by atoms with Gasteiger partial charge in [-0.15, -0.1) is 0 Å². The predicted molar refractivity (Wildman–Crippen MR) is 75.2 cm³/mol. The van der Waals surface area contributed by atoms with Crippen molar-refractivity contribution in [1.29, 1.82) is 0 Å². The minimum atomic E-state index is -1.06. The van der Waals surface area contributed by atoms with Crippen LogP contribution in [0, 0.1) is 0 Å². The maximum atomic E-state index is 14.4. The van der Waals surface area contributed by atoms with Gasteiger partial charge in [0.15, 0.2) is 5.78 Å². The van der Waals surface area contributed by atoms with Gasteiger partial charge in [0.2, 0.25) is 0 Å². The molecule has 1 aromatic carbocycles. The molecule has 0 amide bonds. The molecule has 104 valence electrons. The van der Waals surface area contributed by atoms with Crippen LogP contribution in [0.5, 0.6) is 0 Å². The van der Waals surface area contributed by atoms with Crippen molar-refractivity contribution >= 4 is 5.78 Å². The lowest BCUT2D eigenvalue weighted by Crippen LogP contribution is -2.46. The molecule has 0 radical (unpaired) electrons. The Bertz CT molecular complexity index is 400. The van der Waals surface area contributed by atoms with Crippen LogP contribution in [0.25, 0.3) is 0 Å². The molecule has 1 aliphatic rings. The van der Waals surface area contributed by atoms with Crippen molar-refractivity contribution < 1.29 is 9.18 Å². The first kappa shape index (κ1) is 14.2. The van der Waals surface area contributed by atoms with Gasteiger partial charge < -0.3 is 0 Å². The Hall–Kier alpha value is -1.22. The first-order valence-corrected chi connectivity index (χ1v) is 7.21. The summed E-state index contributed by atoms with van der Waals surface area (Å²) in [7, 11) is 0. The van der Waals surface area contributed by atoms with Gasteiger partial charge in [0.1, 0.15) is 12.2 Å². The Morgan fingerprint density at radius 2 is 1.89 bits per heavy atom. The SMILES string of the molecule is CCCC(F)C(C(=O)c1ccccc1)N1CCCC1. The fraction of sp³-hybridized carbons (Fsp3) is 0.562. The zero-order valence-corrected chi connectivity index (χ0v) is 11.5. The molecule has 0 bridgehead atoms. The molecule has 0 N–H and O–H groups in total. The van der Waals surface area contributed by atoms with Crippen LogP contribution in [0.3, 0.4) is 0 Å². The molecule has 19 heavy (non-hydrogen) atoms. The molecule has 0 aliphatic carbocycles. The van der Waals surface area contributed by atoms with Gasteiger partial charge in [-0.2, -0.15) is 0 Å². The monoisotopic (exact) mass is 263 g/mol. The van der Waals surface area contributed by atoms with E-state index in [9.17, 15) is 9.18 Å². The highest BCUT2D eigenvalue weighted by Gasteiger charge is 2.35. The number of hydrogen-bond donors (Lipinski definition) is 0. The number of alkyl halides is 1. The lowest BCUT2D eigenvalue weighted by Gasteiger charge is -2.29. The van der Waals surface area contributed by atoms with Crippen LogP contribution >= 0.6 is 0 Å². The van der Waals surface area contributed by atoms with Gasteiger partial charge in [-0.05, 0) is 32.4 Å². The predicted octanol–water partition coefficient (Wildman–Crippen LogP) is 3.47. The topological polar surface area (TPSA) is 20.3 Å². The first-order valence-electron chi connectivity index (χ1n) is 7.21. The van der Waals surface area contributed by atoms with Crippen LogP contribution in [0.15, 0.2) is 30.3 Å². The molecule has 3 heteroatoms. The normalized spacial score (nSPS) is 19.3. The van der Waals surface area contributed by atoms with E-state index in [0.717, 1.165) is 32.4 Å². The Kier molecular flexibility index (Phi) is 5.08. The maximum Gasteiger partial charge on any atom is 0.182 e. The second-order valence-corrected chi connectivity index (χ2v) is 5.22. The van der Waals surface area contributed by atoms with E-state index in [2.05, 4.69) is 0 Å². The molecule has 0 saturated carbocycles. The van der Waals surface area contributed by atoms with E-state index in [1.54, 1.807) is 12.1 Å². The zero-order chi connectivity index (χ0) is 13.7. The van der Waals surface area contributed by atoms with Crippen LogP contribution in [-0.4, -0.2) is 36.0 Å². The fourth-order valence-electron chi connectivity index (χ4n) is 2.79. The molecule has 1 aromatic rings. The van der Waals surface area contributed by atoms with E-state index in [1.807, 2.05) is 30.0 Å². The number of likely N-dealkylation sites (tertiary alicyclic amines) is 1. The fourth-order valence-corrected chi connectivity index (χ4v) is 2.79. The number of hydrogen-bond acceptors (Lipinski definition) is 2. The van der Waals surface area contributed by atoms with Gasteiger partial charge in [0.05, 0.1) is 0 Å². The van der Waals surface area contributed by atoms with Crippen molar-refractivity contribution in [3.05, 3.63) is 35.9 Å².